The molecule has 2 rings (SSSR count). The van der Waals surface area contributed by atoms with Gasteiger partial charge in [-0.3, -0.25) is 9.69 Å². The Morgan fingerprint density at radius 1 is 1.20 bits per heavy atom. The highest BCUT2D eigenvalue weighted by Gasteiger charge is 2.50. The second-order valence-electron chi connectivity index (χ2n) is 6.25. The predicted molar refractivity (Wildman–Crippen MR) is 81.5 cm³/mol. The average Bonchev–Trinajstić information content (AvgIpc) is 3.28. The van der Waals surface area contributed by atoms with Crippen molar-refractivity contribution in [3.8, 4) is 0 Å². The molecule has 2 aliphatic rings. The third kappa shape index (κ3) is 3.51. The number of hydrogen-bond donors (Lipinski definition) is 2. The van der Waals surface area contributed by atoms with Gasteiger partial charge in [-0.1, -0.05) is 13.8 Å². The lowest BCUT2D eigenvalue weighted by Gasteiger charge is -2.41. The van der Waals surface area contributed by atoms with Gasteiger partial charge in [-0.25, -0.2) is 0 Å². The molecule has 1 atom stereocenters. The lowest BCUT2D eigenvalue weighted by molar-refractivity contribution is -0.126. The van der Waals surface area contributed by atoms with Crippen molar-refractivity contribution in [2.75, 3.05) is 45.8 Å². The predicted octanol–water partition coefficient (Wildman–Crippen LogP) is 0.258. The third-order valence-corrected chi connectivity index (χ3v) is 4.79. The van der Waals surface area contributed by atoms with Crippen LogP contribution in [0.1, 0.15) is 33.1 Å². The number of nitrogens with two attached hydrogens (primary N) is 1. The summed E-state index contributed by atoms with van der Waals surface area (Å²) in [6, 6.07) is 0. The van der Waals surface area contributed by atoms with Crippen LogP contribution in [0.15, 0.2) is 0 Å². The zero-order chi connectivity index (χ0) is 14.6. The van der Waals surface area contributed by atoms with Gasteiger partial charge in [0.1, 0.15) is 5.54 Å². The summed E-state index contributed by atoms with van der Waals surface area (Å²) in [5.74, 6) is 0.280. The van der Waals surface area contributed by atoms with E-state index in [9.17, 15) is 4.79 Å². The van der Waals surface area contributed by atoms with E-state index in [4.69, 9.17) is 5.73 Å². The van der Waals surface area contributed by atoms with Crippen molar-refractivity contribution in [1.82, 2.24) is 15.1 Å². The van der Waals surface area contributed by atoms with Gasteiger partial charge in [0.05, 0.1) is 0 Å². The van der Waals surface area contributed by atoms with Crippen LogP contribution in [0.3, 0.4) is 0 Å². The summed E-state index contributed by atoms with van der Waals surface area (Å²) in [7, 11) is 0. The molecule has 1 heterocycles. The molecular formula is C15H30N4O. The average molecular weight is 282 g/mol. The summed E-state index contributed by atoms with van der Waals surface area (Å²) in [4.78, 5) is 17.0. The molecule has 1 unspecified atom stereocenters. The first kappa shape index (κ1) is 15.7. The van der Waals surface area contributed by atoms with Crippen LogP contribution in [0.25, 0.3) is 0 Å². The fraction of sp³-hybridized carbons (Fsp3) is 0.933. The molecule has 0 aromatic carbocycles. The highest BCUT2D eigenvalue weighted by molar-refractivity contribution is 5.86. The van der Waals surface area contributed by atoms with E-state index in [1.165, 1.54) is 0 Å². The Kier molecular flexibility index (Phi) is 5.41. The SMILES string of the molecule is CCCNC(CN1CCN(CC)CC1)(C(N)=O)C1CC1. The molecule has 0 aromatic heterocycles. The van der Waals surface area contributed by atoms with Crippen molar-refractivity contribution in [2.24, 2.45) is 11.7 Å². The Hall–Kier alpha value is -0.650. The zero-order valence-corrected chi connectivity index (χ0v) is 13.0. The van der Waals surface area contributed by atoms with Crippen molar-refractivity contribution in [1.29, 1.82) is 0 Å². The summed E-state index contributed by atoms with van der Waals surface area (Å²) < 4.78 is 0. The van der Waals surface area contributed by atoms with E-state index >= 15 is 0 Å². The molecular weight excluding hydrogens is 252 g/mol. The highest BCUT2D eigenvalue weighted by atomic mass is 16.1. The standard InChI is InChI=1S/C15H30N4O/c1-3-7-17-15(14(16)20,13-5-6-13)12-19-10-8-18(4-2)9-11-19/h13,17H,3-12H2,1-2H3,(H2,16,20). The van der Waals surface area contributed by atoms with E-state index in [0.29, 0.717) is 5.92 Å². The Labute approximate surface area is 122 Å². The Balaban J connectivity index is 1.98. The minimum absolute atomic E-state index is 0.161. The number of carbonyl (C=O) groups is 1. The quantitative estimate of drug-likeness (QED) is 0.670. The maximum absolute atomic E-state index is 12.1. The first-order valence-corrected chi connectivity index (χ1v) is 8.12. The molecule has 1 saturated heterocycles. The second-order valence-corrected chi connectivity index (χ2v) is 6.25. The molecule has 0 radical (unpaired) electrons. The van der Waals surface area contributed by atoms with Crippen LogP contribution in [-0.2, 0) is 4.79 Å². The maximum Gasteiger partial charge on any atom is 0.239 e. The van der Waals surface area contributed by atoms with Crippen LogP contribution >= 0.6 is 0 Å². The van der Waals surface area contributed by atoms with Gasteiger partial charge in [-0.05, 0) is 38.3 Å². The van der Waals surface area contributed by atoms with Crippen molar-refractivity contribution in [2.45, 2.75) is 38.6 Å². The lowest BCUT2D eigenvalue weighted by atomic mass is 9.90. The summed E-state index contributed by atoms with van der Waals surface area (Å²) in [5, 5.41) is 3.49. The summed E-state index contributed by atoms with van der Waals surface area (Å²) in [6.07, 6.45) is 3.30. The Bertz CT molecular complexity index is 324. The smallest absolute Gasteiger partial charge is 0.239 e. The van der Waals surface area contributed by atoms with Gasteiger partial charge in [0.2, 0.25) is 5.91 Å². The van der Waals surface area contributed by atoms with Crippen molar-refractivity contribution < 1.29 is 4.79 Å². The van der Waals surface area contributed by atoms with E-state index in [1.807, 2.05) is 0 Å². The maximum atomic E-state index is 12.1. The molecule has 0 bridgehead atoms. The van der Waals surface area contributed by atoms with E-state index in [2.05, 4.69) is 29.0 Å². The van der Waals surface area contributed by atoms with Crippen LogP contribution in [0, 0.1) is 5.92 Å². The first-order chi connectivity index (χ1) is 9.62. The van der Waals surface area contributed by atoms with Gasteiger partial charge in [-0.15, -0.1) is 0 Å². The fourth-order valence-corrected chi connectivity index (χ4v) is 3.24. The van der Waals surface area contributed by atoms with Crippen LogP contribution in [0.4, 0.5) is 0 Å². The molecule has 2 fully saturated rings. The van der Waals surface area contributed by atoms with Gasteiger partial charge < -0.3 is 16.0 Å². The largest absolute Gasteiger partial charge is 0.368 e. The summed E-state index contributed by atoms with van der Waals surface area (Å²) in [5.41, 5.74) is 5.29. The van der Waals surface area contributed by atoms with E-state index in [1.54, 1.807) is 0 Å². The molecule has 20 heavy (non-hydrogen) atoms. The van der Waals surface area contributed by atoms with Gasteiger partial charge >= 0.3 is 0 Å². The molecule has 1 aliphatic carbocycles. The number of primary amides is 1. The molecule has 0 spiro atoms. The van der Waals surface area contributed by atoms with Gasteiger partial charge in [0.15, 0.2) is 0 Å². The lowest BCUT2D eigenvalue weighted by Crippen LogP contribution is -2.65. The molecule has 1 saturated carbocycles. The molecule has 1 amide bonds. The number of likely N-dealkylation sites (N-methyl/N-ethyl adjacent to an activating group) is 1. The highest BCUT2D eigenvalue weighted by Crippen LogP contribution is 2.40. The number of nitrogens with zero attached hydrogens (tertiary/aromatic N) is 2. The van der Waals surface area contributed by atoms with Crippen LogP contribution in [0.5, 0.6) is 0 Å². The zero-order valence-electron chi connectivity index (χ0n) is 13.0. The van der Waals surface area contributed by atoms with E-state index in [0.717, 1.165) is 65.1 Å². The molecule has 116 valence electrons. The van der Waals surface area contributed by atoms with Gasteiger partial charge in [0.25, 0.3) is 0 Å². The van der Waals surface area contributed by atoms with E-state index in [-0.39, 0.29) is 5.91 Å². The van der Waals surface area contributed by atoms with E-state index < -0.39 is 5.54 Å². The minimum atomic E-state index is -0.496. The monoisotopic (exact) mass is 282 g/mol. The number of carbonyl (C=O) groups excluding carboxylic acids is 1. The minimum Gasteiger partial charge on any atom is -0.368 e. The molecule has 1 aliphatic heterocycles. The number of rotatable bonds is 8. The number of hydrogen-bond acceptors (Lipinski definition) is 4. The molecule has 5 heteroatoms. The topological polar surface area (TPSA) is 61.6 Å². The second kappa shape index (κ2) is 6.87. The number of piperazine rings is 1. The number of amides is 1. The summed E-state index contributed by atoms with van der Waals surface area (Å²) in [6.45, 7) is 11.4. The Morgan fingerprint density at radius 3 is 2.25 bits per heavy atom. The molecule has 5 nitrogen and oxygen atoms in total. The third-order valence-electron chi connectivity index (χ3n) is 4.79. The molecule has 3 N–H and O–H groups in total. The van der Waals surface area contributed by atoms with Crippen molar-refractivity contribution in [3.63, 3.8) is 0 Å². The number of nitrogens with one attached hydrogen (secondary N) is 1. The van der Waals surface area contributed by atoms with Crippen molar-refractivity contribution >= 4 is 5.91 Å². The van der Waals surface area contributed by atoms with Crippen LogP contribution in [0.2, 0.25) is 0 Å². The van der Waals surface area contributed by atoms with Crippen molar-refractivity contribution in [3.05, 3.63) is 0 Å². The summed E-state index contributed by atoms with van der Waals surface area (Å²) >= 11 is 0. The van der Waals surface area contributed by atoms with Crippen LogP contribution in [-0.4, -0.2) is 67.1 Å². The van der Waals surface area contributed by atoms with Crippen LogP contribution < -0.4 is 11.1 Å². The first-order valence-electron chi connectivity index (χ1n) is 8.12. The Morgan fingerprint density at radius 2 is 1.80 bits per heavy atom. The normalized spacial score (nSPS) is 24.5. The van der Waals surface area contributed by atoms with Gasteiger partial charge in [0, 0.05) is 32.7 Å². The fourth-order valence-electron chi connectivity index (χ4n) is 3.24. The van der Waals surface area contributed by atoms with Gasteiger partial charge in [-0.2, -0.15) is 0 Å². The molecule has 0 aromatic rings.